The van der Waals surface area contributed by atoms with Crippen molar-refractivity contribution in [1.82, 2.24) is 9.55 Å². The molecule has 0 saturated carbocycles. The van der Waals surface area contributed by atoms with Crippen molar-refractivity contribution in [2.45, 2.75) is 33.9 Å². The average molecular weight is 229 g/mol. The highest BCUT2D eigenvalue weighted by atomic mass is 15.2. The summed E-state index contributed by atoms with van der Waals surface area (Å²) in [5.41, 5.74) is 3.68. The van der Waals surface area contributed by atoms with Gasteiger partial charge in [0.2, 0.25) is 5.95 Å². The lowest BCUT2D eigenvalue weighted by atomic mass is 10.1. The highest BCUT2D eigenvalue weighted by molar-refractivity contribution is 5.33. The van der Waals surface area contributed by atoms with E-state index in [-0.39, 0.29) is 0 Å². The summed E-state index contributed by atoms with van der Waals surface area (Å²) < 4.78 is 2.13. The van der Waals surface area contributed by atoms with Crippen LogP contribution in [0, 0.1) is 13.8 Å². The number of nitrogens with one attached hydrogen (secondary N) is 1. The zero-order valence-electron chi connectivity index (χ0n) is 10.7. The van der Waals surface area contributed by atoms with Gasteiger partial charge in [-0.2, -0.15) is 0 Å². The predicted molar refractivity (Wildman–Crippen MR) is 71.1 cm³/mol. The molecule has 0 saturated heterocycles. The van der Waals surface area contributed by atoms with Crippen LogP contribution in [0.4, 0.5) is 5.95 Å². The first-order chi connectivity index (χ1) is 8.20. The number of aryl methyl sites for hydroxylation is 3. The first-order valence-electron chi connectivity index (χ1n) is 6.03. The lowest BCUT2D eigenvalue weighted by Crippen LogP contribution is -2.07. The molecule has 3 nitrogen and oxygen atoms in total. The van der Waals surface area contributed by atoms with Gasteiger partial charge >= 0.3 is 0 Å². The minimum absolute atomic E-state index is 0.823. The van der Waals surface area contributed by atoms with E-state index >= 15 is 0 Å². The van der Waals surface area contributed by atoms with Crippen LogP contribution in [-0.4, -0.2) is 9.55 Å². The van der Waals surface area contributed by atoms with Gasteiger partial charge in [-0.25, -0.2) is 4.98 Å². The number of aromatic nitrogens is 2. The van der Waals surface area contributed by atoms with E-state index in [1.165, 1.54) is 11.1 Å². The first-order valence-corrected chi connectivity index (χ1v) is 6.03. The zero-order chi connectivity index (χ0) is 12.3. The molecule has 1 heterocycles. The van der Waals surface area contributed by atoms with Gasteiger partial charge < -0.3 is 9.88 Å². The first kappa shape index (κ1) is 11.7. The Labute approximate surface area is 103 Å². The van der Waals surface area contributed by atoms with Gasteiger partial charge in [0.1, 0.15) is 0 Å². The molecular weight excluding hydrogens is 210 g/mol. The molecule has 0 unspecified atom stereocenters. The monoisotopic (exact) mass is 229 g/mol. The third-order valence-corrected chi connectivity index (χ3v) is 2.94. The lowest BCUT2D eigenvalue weighted by Gasteiger charge is -2.09. The minimum atomic E-state index is 0.823. The maximum Gasteiger partial charge on any atom is 0.203 e. The molecule has 2 rings (SSSR count). The summed E-state index contributed by atoms with van der Waals surface area (Å²) in [4.78, 5) is 4.48. The van der Waals surface area contributed by atoms with Gasteiger partial charge in [0.05, 0.1) is 5.69 Å². The number of hydrogen-bond acceptors (Lipinski definition) is 2. The summed E-state index contributed by atoms with van der Waals surface area (Å²) in [6, 6.07) is 8.42. The molecule has 0 bridgehead atoms. The van der Waals surface area contributed by atoms with Gasteiger partial charge in [0.25, 0.3) is 0 Å². The van der Waals surface area contributed by atoms with Crippen molar-refractivity contribution in [2.75, 3.05) is 5.32 Å². The zero-order valence-corrected chi connectivity index (χ0v) is 10.7. The summed E-state index contributed by atoms with van der Waals surface area (Å²) in [7, 11) is 0. The molecule has 0 aliphatic rings. The summed E-state index contributed by atoms with van der Waals surface area (Å²) >= 11 is 0. The van der Waals surface area contributed by atoms with E-state index < -0.39 is 0 Å². The summed E-state index contributed by atoms with van der Waals surface area (Å²) in [5.74, 6) is 0.952. The molecule has 1 aromatic carbocycles. The third kappa shape index (κ3) is 2.67. The fraction of sp³-hybridized carbons (Fsp3) is 0.357. The Morgan fingerprint density at radius 3 is 2.71 bits per heavy atom. The second-order valence-electron chi connectivity index (χ2n) is 4.27. The largest absolute Gasteiger partial charge is 0.352 e. The Morgan fingerprint density at radius 1 is 1.24 bits per heavy atom. The normalized spacial score (nSPS) is 10.5. The Kier molecular flexibility index (Phi) is 3.47. The molecule has 0 aliphatic carbocycles. The van der Waals surface area contributed by atoms with Crippen LogP contribution < -0.4 is 5.32 Å². The van der Waals surface area contributed by atoms with Crippen molar-refractivity contribution in [3.63, 3.8) is 0 Å². The van der Waals surface area contributed by atoms with Gasteiger partial charge in [-0.15, -0.1) is 0 Å². The molecular formula is C14H19N3. The average Bonchev–Trinajstić information content (AvgIpc) is 2.69. The van der Waals surface area contributed by atoms with Gasteiger partial charge in [-0.05, 0) is 31.9 Å². The third-order valence-electron chi connectivity index (χ3n) is 2.94. The van der Waals surface area contributed by atoms with Crippen molar-refractivity contribution in [3.05, 3.63) is 47.3 Å². The maximum absolute atomic E-state index is 4.48. The summed E-state index contributed by atoms with van der Waals surface area (Å²) in [6.45, 7) is 8.04. The summed E-state index contributed by atoms with van der Waals surface area (Å²) in [5, 5.41) is 3.39. The van der Waals surface area contributed by atoms with Crippen molar-refractivity contribution < 1.29 is 0 Å². The van der Waals surface area contributed by atoms with Crippen LogP contribution in [0.3, 0.4) is 0 Å². The molecule has 0 radical (unpaired) electrons. The van der Waals surface area contributed by atoms with Gasteiger partial charge in [-0.3, -0.25) is 0 Å². The van der Waals surface area contributed by atoms with E-state index in [4.69, 9.17) is 0 Å². The van der Waals surface area contributed by atoms with Crippen LogP contribution in [0.25, 0.3) is 0 Å². The van der Waals surface area contributed by atoms with E-state index in [2.05, 4.69) is 59.2 Å². The fourth-order valence-corrected chi connectivity index (χ4v) is 1.91. The van der Waals surface area contributed by atoms with Crippen LogP contribution >= 0.6 is 0 Å². The van der Waals surface area contributed by atoms with Gasteiger partial charge in [-0.1, -0.05) is 24.3 Å². The van der Waals surface area contributed by atoms with Crippen molar-refractivity contribution >= 4 is 5.95 Å². The van der Waals surface area contributed by atoms with E-state index in [9.17, 15) is 0 Å². The van der Waals surface area contributed by atoms with Crippen LogP contribution in [0.5, 0.6) is 0 Å². The number of imidazole rings is 1. The maximum atomic E-state index is 4.48. The molecule has 1 aromatic heterocycles. The summed E-state index contributed by atoms with van der Waals surface area (Å²) in [6.07, 6.45) is 2.07. The van der Waals surface area contributed by atoms with Gasteiger partial charge in [0, 0.05) is 19.3 Å². The molecule has 0 spiro atoms. The van der Waals surface area contributed by atoms with Gasteiger partial charge in [0.15, 0.2) is 0 Å². The highest BCUT2D eigenvalue weighted by Gasteiger charge is 2.04. The second-order valence-corrected chi connectivity index (χ2v) is 4.27. The van der Waals surface area contributed by atoms with Crippen LogP contribution in [0.2, 0.25) is 0 Å². The number of hydrogen-bond donors (Lipinski definition) is 1. The molecule has 0 fully saturated rings. The smallest absolute Gasteiger partial charge is 0.203 e. The molecule has 17 heavy (non-hydrogen) atoms. The van der Waals surface area contributed by atoms with E-state index in [0.29, 0.717) is 0 Å². The van der Waals surface area contributed by atoms with Crippen LogP contribution in [0.15, 0.2) is 30.5 Å². The van der Waals surface area contributed by atoms with Crippen LogP contribution in [-0.2, 0) is 13.1 Å². The SMILES string of the molecule is CCn1cc(C)nc1NCc1ccccc1C. The van der Waals surface area contributed by atoms with E-state index in [0.717, 1.165) is 24.7 Å². The lowest BCUT2D eigenvalue weighted by molar-refractivity contribution is 0.762. The second kappa shape index (κ2) is 5.04. The Hall–Kier alpha value is -1.77. The molecule has 1 N–H and O–H groups in total. The molecule has 0 amide bonds. The Morgan fingerprint density at radius 2 is 2.00 bits per heavy atom. The van der Waals surface area contributed by atoms with Crippen molar-refractivity contribution in [1.29, 1.82) is 0 Å². The topological polar surface area (TPSA) is 29.9 Å². The minimum Gasteiger partial charge on any atom is -0.352 e. The fourth-order valence-electron chi connectivity index (χ4n) is 1.91. The van der Waals surface area contributed by atoms with E-state index in [1.807, 2.05) is 6.92 Å². The molecule has 2 aromatic rings. The van der Waals surface area contributed by atoms with Crippen LogP contribution in [0.1, 0.15) is 23.7 Å². The molecule has 0 aliphatic heterocycles. The van der Waals surface area contributed by atoms with Crippen molar-refractivity contribution in [2.24, 2.45) is 0 Å². The number of nitrogens with zero attached hydrogens (tertiary/aromatic N) is 2. The molecule has 0 atom stereocenters. The standard InChI is InChI=1S/C14H19N3/c1-4-17-10-12(3)16-14(17)15-9-13-8-6-5-7-11(13)2/h5-8,10H,4,9H2,1-3H3,(H,15,16). The molecule has 90 valence electrons. The number of benzene rings is 1. The Bertz CT molecular complexity index is 500. The number of anilines is 1. The number of rotatable bonds is 4. The predicted octanol–water partition coefficient (Wildman–Crippen LogP) is 3.13. The Balaban J connectivity index is 2.09. The van der Waals surface area contributed by atoms with Crippen molar-refractivity contribution in [3.8, 4) is 0 Å². The molecule has 3 heteroatoms. The highest BCUT2D eigenvalue weighted by Crippen LogP contribution is 2.12. The van der Waals surface area contributed by atoms with E-state index in [1.54, 1.807) is 0 Å². The quantitative estimate of drug-likeness (QED) is 0.873.